The van der Waals surface area contributed by atoms with E-state index < -0.39 is 27.5 Å². The molecule has 11 heteroatoms. The van der Waals surface area contributed by atoms with Crippen LogP contribution in [0.2, 0.25) is 0 Å². The summed E-state index contributed by atoms with van der Waals surface area (Å²) in [5.41, 5.74) is 1.29. The minimum absolute atomic E-state index is 0.0779. The van der Waals surface area contributed by atoms with E-state index in [-0.39, 0.29) is 33.5 Å². The van der Waals surface area contributed by atoms with Gasteiger partial charge < -0.3 is 14.8 Å². The van der Waals surface area contributed by atoms with Crippen molar-refractivity contribution in [3.05, 3.63) is 57.9 Å². The van der Waals surface area contributed by atoms with Gasteiger partial charge in [0.15, 0.2) is 32.2 Å². The molecule has 0 bridgehead atoms. The molecule has 34 heavy (non-hydrogen) atoms. The molecule has 2 saturated heterocycles. The van der Waals surface area contributed by atoms with Crippen LogP contribution >= 0.6 is 12.2 Å². The van der Waals surface area contributed by atoms with Crippen LogP contribution in [0.25, 0.3) is 22.0 Å². The molecular formula is C23H19N3O6S2. The smallest absolute Gasteiger partial charge is 0.281 e. The van der Waals surface area contributed by atoms with Crippen molar-refractivity contribution in [2.45, 2.75) is 12.1 Å². The van der Waals surface area contributed by atoms with Gasteiger partial charge in [0.1, 0.15) is 0 Å². The number of nitrogens with one attached hydrogen (secondary N) is 1. The van der Waals surface area contributed by atoms with Gasteiger partial charge in [-0.3, -0.25) is 9.59 Å². The Hall–Kier alpha value is -3.44. The second-order valence-corrected chi connectivity index (χ2v) is 11.0. The van der Waals surface area contributed by atoms with Gasteiger partial charge in [0, 0.05) is 16.5 Å². The molecule has 6 rings (SSSR count). The minimum Gasteiger partial charge on any atom is -0.493 e. The van der Waals surface area contributed by atoms with Gasteiger partial charge in [-0.2, -0.15) is 0 Å². The molecule has 2 unspecified atom stereocenters. The predicted molar refractivity (Wildman–Crippen MR) is 130 cm³/mol. The Balaban J connectivity index is 1.77. The highest BCUT2D eigenvalue weighted by atomic mass is 32.2. The van der Waals surface area contributed by atoms with E-state index in [1.807, 2.05) is 0 Å². The number of benzene rings is 2. The maximum absolute atomic E-state index is 14.2. The molecule has 1 aromatic heterocycles. The Morgan fingerprint density at radius 2 is 1.76 bits per heavy atom. The second kappa shape index (κ2) is 7.03. The van der Waals surface area contributed by atoms with Crippen LogP contribution in [0.1, 0.15) is 15.9 Å². The molecular weight excluding hydrogens is 478 g/mol. The molecule has 174 valence electrons. The molecule has 0 spiro atoms. The summed E-state index contributed by atoms with van der Waals surface area (Å²) in [6, 6.07) is 9.33. The summed E-state index contributed by atoms with van der Waals surface area (Å²) in [5, 5.41) is 5.39. The lowest BCUT2D eigenvalue weighted by atomic mass is 10.0. The first-order chi connectivity index (χ1) is 16.3. The van der Waals surface area contributed by atoms with E-state index in [2.05, 4.69) is 5.32 Å². The third-order valence-electron chi connectivity index (χ3n) is 6.69. The molecule has 2 atom stereocenters. The van der Waals surface area contributed by atoms with E-state index in [0.717, 1.165) is 0 Å². The average molecular weight is 498 g/mol. The van der Waals surface area contributed by atoms with Crippen LogP contribution in [0.4, 0.5) is 0 Å². The zero-order valence-corrected chi connectivity index (χ0v) is 19.8. The van der Waals surface area contributed by atoms with Crippen molar-refractivity contribution < 1.29 is 22.7 Å². The van der Waals surface area contributed by atoms with E-state index in [0.29, 0.717) is 33.5 Å². The van der Waals surface area contributed by atoms with Crippen molar-refractivity contribution in [3.63, 3.8) is 0 Å². The van der Waals surface area contributed by atoms with Crippen LogP contribution in [-0.4, -0.2) is 61.8 Å². The molecule has 0 amide bonds. The lowest BCUT2D eigenvalue weighted by Crippen LogP contribution is -2.51. The van der Waals surface area contributed by atoms with Crippen molar-refractivity contribution in [1.82, 2.24) is 9.99 Å². The van der Waals surface area contributed by atoms with E-state index >= 15 is 0 Å². The van der Waals surface area contributed by atoms with Gasteiger partial charge in [0.25, 0.3) is 5.56 Å². The van der Waals surface area contributed by atoms with E-state index in [4.69, 9.17) is 21.7 Å². The summed E-state index contributed by atoms with van der Waals surface area (Å²) < 4.78 is 37.1. The highest BCUT2D eigenvalue weighted by Gasteiger charge is 2.50. The normalized spacial score (nSPS) is 21.9. The summed E-state index contributed by atoms with van der Waals surface area (Å²) in [7, 11) is -0.439. The molecule has 0 radical (unpaired) electrons. The van der Waals surface area contributed by atoms with Crippen LogP contribution in [0.3, 0.4) is 0 Å². The number of fused-ring (bicyclic) bond motifs is 6. The van der Waals surface area contributed by atoms with E-state index in [1.54, 1.807) is 36.4 Å². The quantitative estimate of drug-likeness (QED) is 0.418. The first kappa shape index (κ1) is 21.1. The zero-order chi connectivity index (χ0) is 23.9. The maximum Gasteiger partial charge on any atom is 0.281 e. The molecule has 2 aromatic carbocycles. The second-order valence-electron chi connectivity index (χ2n) is 8.48. The summed E-state index contributed by atoms with van der Waals surface area (Å²) in [6.07, 6.45) is 0. The summed E-state index contributed by atoms with van der Waals surface area (Å²) in [5.74, 6) is 0.0645. The highest BCUT2D eigenvalue weighted by molar-refractivity contribution is 7.91. The standard InChI is InChI=1S/C23H19N3O6S2/c1-31-16-8-7-13-17-19(11-5-3-4-6-12(11)20(17)27)26(22(28)18(13)21(16)32-2)25-15-10-34(29,30)9-14(15)24-23(25)33/h3-8,14-15H,9-10H2,1-2H3,(H,24,33). The number of thiocarbonyl (C=S) groups is 1. The number of ketones is 1. The average Bonchev–Trinajstić information content (AvgIpc) is 3.38. The molecule has 2 aliphatic heterocycles. The van der Waals surface area contributed by atoms with Crippen molar-refractivity contribution in [2.75, 3.05) is 30.7 Å². The van der Waals surface area contributed by atoms with Gasteiger partial charge in [-0.25, -0.2) is 18.1 Å². The number of sulfone groups is 1. The van der Waals surface area contributed by atoms with Crippen LogP contribution in [0, 0.1) is 0 Å². The molecule has 1 aliphatic carbocycles. The van der Waals surface area contributed by atoms with E-state index in [1.165, 1.54) is 23.9 Å². The largest absolute Gasteiger partial charge is 0.493 e. The summed E-state index contributed by atoms with van der Waals surface area (Å²) in [6.45, 7) is 0. The fourth-order valence-electron chi connectivity index (χ4n) is 5.32. The van der Waals surface area contributed by atoms with Crippen molar-refractivity contribution in [2.24, 2.45) is 0 Å². The molecule has 3 heterocycles. The fraction of sp³-hybridized carbons (Fsp3) is 0.261. The lowest BCUT2D eigenvalue weighted by molar-refractivity contribution is 0.104. The number of carbonyl (C=O) groups excluding carboxylic acids is 1. The molecule has 3 aromatic rings. The third kappa shape index (κ3) is 2.65. The molecule has 9 nitrogen and oxygen atoms in total. The number of rotatable bonds is 3. The van der Waals surface area contributed by atoms with Gasteiger partial charge in [0.2, 0.25) is 0 Å². The minimum atomic E-state index is -3.32. The maximum atomic E-state index is 14.2. The van der Waals surface area contributed by atoms with E-state index in [9.17, 15) is 18.0 Å². The lowest BCUT2D eigenvalue weighted by Gasteiger charge is -2.28. The number of pyridine rings is 1. The zero-order valence-electron chi connectivity index (χ0n) is 18.2. The number of hydrogen-bond donors (Lipinski definition) is 1. The highest BCUT2D eigenvalue weighted by Crippen LogP contribution is 2.43. The Kier molecular flexibility index (Phi) is 4.37. The van der Waals surface area contributed by atoms with Gasteiger partial charge in [-0.05, 0) is 24.4 Å². The van der Waals surface area contributed by atoms with Crippen LogP contribution in [0.15, 0.2) is 41.2 Å². The molecule has 2 fully saturated rings. The Labute approximate surface area is 199 Å². The Morgan fingerprint density at radius 1 is 1.03 bits per heavy atom. The van der Waals surface area contributed by atoms with Gasteiger partial charge in [-0.15, -0.1) is 0 Å². The van der Waals surface area contributed by atoms with Crippen molar-refractivity contribution in [1.29, 1.82) is 0 Å². The number of aromatic nitrogens is 1. The Morgan fingerprint density at radius 3 is 2.47 bits per heavy atom. The topological polar surface area (TPSA) is 107 Å². The molecule has 3 aliphatic rings. The summed E-state index contributed by atoms with van der Waals surface area (Å²) >= 11 is 5.56. The number of ether oxygens (including phenoxy) is 2. The van der Waals surface area contributed by atoms with Crippen LogP contribution < -0.4 is 25.4 Å². The van der Waals surface area contributed by atoms with Crippen molar-refractivity contribution >= 4 is 43.7 Å². The third-order valence-corrected chi connectivity index (χ3v) is 8.71. The van der Waals surface area contributed by atoms with Gasteiger partial charge >= 0.3 is 0 Å². The number of hydrogen-bond acceptors (Lipinski definition) is 7. The number of methoxy groups -OCH3 is 2. The molecule has 1 N–H and O–H groups in total. The van der Waals surface area contributed by atoms with Gasteiger partial charge in [-0.1, -0.05) is 24.3 Å². The SMILES string of the molecule is COc1ccc2c3c(n(N4C(=S)NC5CS(=O)(=O)CC54)c(=O)c2c1OC)-c1ccccc1C3=O. The van der Waals surface area contributed by atoms with Crippen LogP contribution in [0.5, 0.6) is 11.5 Å². The van der Waals surface area contributed by atoms with Crippen molar-refractivity contribution in [3.8, 4) is 22.8 Å². The number of carbonyl (C=O) groups is 1. The monoisotopic (exact) mass is 497 g/mol. The van der Waals surface area contributed by atoms with Gasteiger partial charge in [0.05, 0.1) is 54.5 Å². The number of nitrogens with zero attached hydrogens (tertiary/aromatic N) is 2. The molecule has 0 saturated carbocycles. The first-order valence-corrected chi connectivity index (χ1v) is 12.8. The van der Waals surface area contributed by atoms with Crippen LogP contribution in [-0.2, 0) is 9.84 Å². The predicted octanol–water partition coefficient (Wildman–Crippen LogP) is 1.22. The Bertz CT molecular complexity index is 1610. The first-order valence-electron chi connectivity index (χ1n) is 10.6. The fourth-order valence-corrected chi connectivity index (χ4v) is 7.57. The summed E-state index contributed by atoms with van der Waals surface area (Å²) in [4.78, 5) is 27.8.